The summed E-state index contributed by atoms with van der Waals surface area (Å²) in [5, 5.41) is 0. The lowest BCUT2D eigenvalue weighted by Gasteiger charge is -1.99. The van der Waals surface area contributed by atoms with E-state index in [2.05, 4.69) is 13.2 Å². The maximum atomic E-state index is 9.99. The van der Waals surface area contributed by atoms with E-state index >= 15 is 0 Å². The van der Waals surface area contributed by atoms with Gasteiger partial charge < -0.3 is 0 Å². The minimum Gasteiger partial charge on any atom is -0.284 e. The lowest BCUT2D eigenvalue weighted by Crippen LogP contribution is -2.22. The summed E-state index contributed by atoms with van der Waals surface area (Å²) in [4.78, 5) is 0. The molecule has 6 nitrogen and oxygen atoms in total. The maximum absolute atomic E-state index is 9.99. The van der Waals surface area contributed by atoms with Crippen LogP contribution in [0.25, 0.3) is 0 Å². The van der Waals surface area contributed by atoms with Gasteiger partial charge in [0, 0.05) is 0 Å². The average molecular weight is 330 g/mol. The van der Waals surface area contributed by atoms with E-state index in [0.29, 0.717) is 0 Å². The second-order valence-electron chi connectivity index (χ2n) is 1.30. The van der Waals surface area contributed by atoms with Gasteiger partial charge in [-0.2, -0.15) is 16.8 Å². The molecule has 0 aromatic heterocycles. The minimum atomic E-state index is -4.71. The van der Waals surface area contributed by atoms with Crippen molar-refractivity contribution in [3.8, 4) is 0 Å². The van der Waals surface area contributed by atoms with Crippen molar-refractivity contribution in [3.63, 3.8) is 0 Å². The van der Waals surface area contributed by atoms with Gasteiger partial charge in [-0.25, -0.2) is 0 Å². The normalized spacial score (nSPS) is 12.0. The molecule has 0 rings (SSSR count). The van der Waals surface area contributed by atoms with E-state index < -0.39 is 22.8 Å². The van der Waals surface area contributed by atoms with Gasteiger partial charge in [0.25, 0.3) is 22.8 Å². The Balaban J connectivity index is 0. The van der Waals surface area contributed by atoms with Crippen molar-refractivity contribution >= 4 is 42.8 Å². The molecule has 0 aliphatic heterocycles. The third-order valence-corrected chi connectivity index (χ3v) is 6.72. The van der Waals surface area contributed by atoms with Gasteiger partial charge in [0.05, 0.1) is 0 Å². The zero-order valence-corrected chi connectivity index (χ0v) is 9.50. The summed E-state index contributed by atoms with van der Waals surface area (Å²) in [6.07, 6.45) is 0. The second-order valence-corrected chi connectivity index (χ2v) is 7.54. The fourth-order valence-electron chi connectivity index (χ4n) is 0.154. The summed E-state index contributed by atoms with van der Waals surface area (Å²) in [5.74, 6) is 0. The highest BCUT2D eigenvalue weighted by Crippen LogP contribution is 2.13. The minimum absolute atomic E-state index is 0.879. The van der Waals surface area contributed by atoms with Crippen LogP contribution in [0, 0.1) is 0 Å². The van der Waals surface area contributed by atoms with Crippen LogP contribution in [0.2, 0.25) is 0 Å². The van der Waals surface area contributed by atoms with Crippen LogP contribution in [0.1, 0.15) is 0 Å². The number of hydrogen-bond donors (Lipinski definition) is 2. The van der Waals surface area contributed by atoms with Crippen molar-refractivity contribution in [1.82, 2.24) is 0 Å². The van der Waals surface area contributed by atoms with E-state index in [9.17, 15) is 16.8 Å². The van der Waals surface area contributed by atoms with E-state index in [1.54, 1.807) is 0 Å². The fourth-order valence-corrected chi connectivity index (χ4v) is 1.38. The fraction of sp³-hybridized carbons (Fsp3) is 0.333. The molecule has 0 saturated heterocycles. The Hall–Kier alpha value is 0.290. The first-order chi connectivity index (χ1) is 5.15. The van der Waals surface area contributed by atoms with Crippen LogP contribution in [0.3, 0.4) is 0 Å². The second kappa shape index (κ2) is 5.11. The van der Waals surface area contributed by atoms with Crippen molar-refractivity contribution in [1.29, 1.82) is 0 Å². The number of hydrogen-bond acceptors (Lipinski definition) is 4. The van der Waals surface area contributed by atoms with Gasteiger partial charge in [0.2, 0.25) is 0 Å². The summed E-state index contributed by atoms with van der Waals surface area (Å²) in [5.41, 5.74) is 0. The molecule has 2 N–H and O–H groups in total. The van der Waals surface area contributed by atoms with Crippen molar-refractivity contribution in [2.75, 3.05) is 0 Å². The molecule has 74 valence electrons. The first kappa shape index (κ1) is 14.8. The lowest BCUT2D eigenvalue weighted by atomic mass is 11.3. The molecule has 0 amide bonds. The van der Waals surface area contributed by atoms with Crippen molar-refractivity contribution in [2.24, 2.45) is 0 Å². The van der Waals surface area contributed by atoms with Crippen LogP contribution in [0.15, 0.2) is 13.2 Å². The molecule has 0 radical (unpaired) electrons. The lowest BCUT2D eigenvalue weighted by molar-refractivity contribution is 0.469. The van der Waals surface area contributed by atoms with Crippen LogP contribution in [0.4, 0.5) is 0 Å². The van der Waals surface area contributed by atoms with E-state index in [0.717, 1.165) is 22.6 Å². The molecule has 12 heavy (non-hydrogen) atoms. The Morgan fingerprint density at radius 3 is 1.17 bits per heavy atom. The molecule has 0 aromatic carbocycles. The first-order valence-corrected chi connectivity index (χ1v) is 6.47. The molecule has 0 unspecified atom stereocenters. The Morgan fingerprint density at radius 1 is 1.00 bits per heavy atom. The zero-order valence-electron chi connectivity index (χ0n) is 5.71. The molecule has 0 fully saturated rings. The molecule has 0 bridgehead atoms. The maximum Gasteiger partial charge on any atom is 0.294 e. The van der Waals surface area contributed by atoms with Crippen molar-refractivity contribution < 1.29 is 25.9 Å². The van der Waals surface area contributed by atoms with Crippen LogP contribution in [-0.4, -0.2) is 28.5 Å². The summed E-state index contributed by atoms with van der Waals surface area (Å²) in [6, 6.07) is 0. The summed E-state index contributed by atoms with van der Waals surface area (Å²) in [6.45, 7) is 6.00. The Bertz CT molecular complexity index is 283. The largest absolute Gasteiger partial charge is 0.294 e. The van der Waals surface area contributed by atoms with Crippen LogP contribution >= 0.6 is 22.6 Å². The zero-order chi connectivity index (χ0) is 10.6. The molecule has 0 aromatic rings. The number of halogens is 1. The van der Waals surface area contributed by atoms with Gasteiger partial charge in [0.1, 0.15) is 0 Å². The van der Waals surface area contributed by atoms with Crippen LogP contribution in [0.5, 0.6) is 0 Å². The highest BCUT2D eigenvalue weighted by molar-refractivity contribution is 14.1. The van der Waals surface area contributed by atoms with Gasteiger partial charge in [-0.15, -0.1) is 13.2 Å². The summed E-state index contributed by atoms with van der Waals surface area (Å²) in [7, 11) is -9.42. The number of rotatable bonds is 2. The van der Waals surface area contributed by atoms with E-state index in [-0.39, 0.29) is 0 Å². The predicted octanol–water partition coefficient (Wildman–Crippen LogP) is 0.283. The third kappa shape index (κ3) is 5.88. The quantitative estimate of drug-likeness (QED) is 0.326. The molecule has 0 spiro atoms. The van der Waals surface area contributed by atoms with Crippen molar-refractivity contribution in [3.05, 3.63) is 13.2 Å². The van der Waals surface area contributed by atoms with Gasteiger partial charge >= 0.3 is 0 Å². The number of alkyl halides is 1. The van der Waals surface area contributed by atoms with Gasteiger partial charge in [-0.3, -0.25) is 9.11 Å². The Kier molecular flexibility index (Phi) is 6.30. The molecule has 9 heteroatoms. The Labute approximate surface area is 84.3 Å². The van der Waals surface area contributed by atoms with Crippen LogP contribution < -0.4 is 0 Å². The predicted molar refractivity (Wildman–Crippen MR) is 52.2 cm³/mol. The highest BCUT2D eigenvalue weighted by Gasteiger charge is 2.31. The monoisotopic (exact) mass is 330 g/mol. The van der Waals surface area contributed by atoms with Gasteiger partial charge in [-0.1, -0.05) is 0 Å². The molecule has 0 atom stereocenters. The van der Waals surface area contributed by atoms with E-state index in [4.69, 9.17) is 9.11 Å². The van der Waals surface area contributed by atoms with Crippen LogP contribution in [-0.2, 0) is 20.2 Å². The standard InChI is InChI=1S/C2H4.CH3IO6S2/c1-2;2-1(9(3,4)5)10(6,7)8/h1-2H2;1H,(H,3,4,5)(H,6,7,8). The highest BCUT2D eigenvalue weighted by atomic mass is 127. The Morgan fingerprint density at radius 2 is 1.17 bits per heavy atom. The van der Waals surface area contributed by atoms with E-state index in [1.165, 1.54) is 0 Å². The molecular weight excluding hydrogens is 323 g/mol. The van der Waals surface area contributed by atoms with Gasteiger partial charge in [0.15, 0.2) is 0 Å². The smallest absolute Gasteiger partial charge is 0.284 e. The molecule has 0 aliphatic carbocycles. The summed E-state index contributed by atoms with van der Waals surface area (Å²) < 4.78 is 53.8. The average Bonchev–Trinajstić information content (AvgIpc) is 1.87. The van der Waals surface area contributed by atoms with Crippen molar-refractivity contribution in [2.45, 2.75) is 2.59 Å². The molecule has 0 aliphatic rings. The SMILES string of the molecule is C=C.O=S(=O)(O)C(I)S(=O)(=O)O. The topological polar surface area (TPSA) is 109 Å². The molecular formula is C3H7IO6S2. The van der Waals surface area contributed by atoms with E-state index in [1.807, 2.05) is 0 Å². The summed E-state index contributed by atoms with van der Waals surface area (Å²) >= 11 is 0.879. The van der Waals surface area contributed by atoms with Gasteiger partial charge in [-0.05, 0) is 22.6 Å². The first-order valence-electron chi connectivity index (χ1n) is 2.22. The molecule has 0 saturated carbocycles. The third-order valence-electron chi connectivity index (χ3n) is 0.468. The molecule has 0 heterocycles.